The second-order valence-corrected chi connectivity index (χ2v) is 5.91. The molecule has 1 fully saturated rings. The maximum absolute atomic E-state index is 13.1. The van der Waals surface area contributed by atoms with E-state index in [1.807, 2.05) is 47.5 Å². The third-order valence-electron chi connectivity index (χ3n) is 4.51. The highest BCUT2D eigenvalue weighted by molar-refractivity contribution is 6.04. The summed E-state index contributed by atoms with van der Waals surface area (Å²) in [6.45, 7) is 0.763. The van der Waals surface area contributed by atoms with Crippen molar-refractivity contribution < 1.29 is 4.79 Å². The van der Waals surface area contributed by atoms with Gasteiger partial charge in [-0.05, 0) is 37.0 Å². The summed E-state index contributed by atoms with van der Waals surface area (Å²) >= 11 is 0. The number of nitrogens with zero attached hydrogens (tertiary/aromatic N) is 3. The van der Waals surface area contributed by atoms with Crippen LogP contribution < -0.4 is 0 Å². The quantitative estimate of drug-likeness (QED) is 0.790. The minimum atomic E-state index is -0.00370. The van der Waals surface area contributed by atoms with Crippen LogP contribution in [0.5, 0.6) is 0 Å². The monoisotopic (exact) mass is 306 g/mol. The summed E-state index contributed by atoms with van der Waals surface area (Å²) in [6, 6.07) is 11.8. The lowest BCUT2D eigenvalue weighted by atomic mass is 9.96. The van der Waals surface area contributed by atoms with Gasteiger partial charge in [-0.2, -0.15) is 5.10 Å². The fraction of sp³-hybridized carbons (Fsp3) is 0.278. The average Bonchev–Trinajstić information content (AvgIpc) is 3.06. The van der Waals surface area contributed by atoms with Gasteiger partial charge in [-0.3, -0.25) is 14.9 Å². The standard InChI is InChI=1S/C18H18N4O/c23-18(17-14-7-1-2-8-15(14)20-21-17)22-11-4-3-9-16(22)13-6-5-10-19-12-13/h1-2,5-8,10,12,16H,3-4,9,11H2,(H,20,21)/t16-/m0/s1. The number of nitrogens with one attached hydrogen (secondary N) is 1. The number of pyridine rings is 1. The molecule has 23 heavy (non-hydrogen) atoms. The Morgan fingerprint density at radius 3 is 2.96 bits per heavy atom. The van der Waals surface area contributed by atoms with Gasteiger partial charge >= 0.3 is 0 Å². The highest BCUT2D eigenvalue weighted by atomic mass is 16.2. The summed E-state index contributed by atoms with van der Waals surface area (Å²) < 4.78 is 0. The second kappa shape index (κ2) is 5.83. The van der Waals surface area contributed by atoms with E-state index in [0.29, 0.717) is 5.69 Å². The average molecular weight is 306 g/mol. The molecule has 3 heterocycles. The summed E-state index contributed by atoms with van der Waals surface area (Å²) in [5.74, 6) is -0.00370. The van der Waals surface area contributed by atoms with E-state index < -0.39 is 0 Å². The molecule has 0 bridgehead atoms. The lowest BCUT2D eigenvalue weighted by Crippen LogP contribution is -2.38. The van der Waals surface area contributed by atoms with Gasteiger partial charge in [0, 0.05) is 24.3 Å². The number of benzene rings is 1. The minimum absolute atomic E-state index is 0.00370. The normalized spacial score (nSPS) is 18.3. The summed E-state index contributed by atoms with van der Waals surface area (Å²) in [6.07, 6.45) is 6.76. The van der Waals surface area contributed by atoms with Crippen molar-refractivity contribution >= 4 is 16.8 Å². The first-order valence-electron chi connectivity index (χ1n) is 7.98. The zero-order valence-electron chi connectivity index (χ0n) is 12.8. The van der Waals surface area contributed by atoms with E-state index in [1.54, 1.807) is 6.20 Å². The number of para-hydroxylation sites is 1. The van der Waals surface area contributed by atoms with Crippen molar-refractivity contribution in [3.8, 4) is 0 Å². The van der Waals surface area contributed by atoms with Gasteiger partial charge in [0.15, 0.2) is 5.69 Å². The van der Waals surface area contributed by atoms with Crippen LogP contribution in [0.4, 0.5) is 0 Å². The fourth-order valence-electron chi connectivity index (χ4n) is 3.36. The molecule has 116 valence electrons. The third-order valence-corrected chi connectivity index (χ3v) is 4.51. The number of H-pyrrole nitrogens is 1. The van der Waals surface area contributed by atoms with E-state index in [9.17, 15) is 4.79 Å². The molecule has 1 aliphatic rings. The van der Waals surface area contributed by atoms with E-state index in [-0.39, 0.29) is 11.9 Å². The first-order valence-corrected chi connectivity index (χ1v) is 7.98. The molecule has 0 radical (unpaired) electrons. The van der Waals surface area contributed by atoms with E-state index in [2.05, 4.69) is 15.2 Å². The van der Waals surface area contributed by atoms with E-state index in [0.717, 1.165) is 42.3 Å². The molecule has 1 atom stereocenters. The summed E-state index contributed by atoms with van der Waals surface area (Å²) in [4.78, 5) is 19.2. The lowest BCUT2D eigenvalue weighted by Gasteiger charge is -2.35. The highest BCUT2D eigenvalue weighted by Gasteiger charge is 2.30. The van der Waals surface area contributed by atoms with Crippen LogP contribution in [-0.2, 0) is 0 Å². The highest BCUT2D eigenvalue weighted by Crippen LogP contribution is 2.32. The Bertz CT molecular complexity index is 827. The molecule has 5 heteroatoms. The van der Waals surface area contributed by atoms with Gasteiger partial charge in [-0.15, -0.1) is 0 Å². The number of hydrogen-bond donors (Lipinski definition) is 1. The Balaban J connectivity index is 1.71. The van der Waals surface area contributed by atoms with Crippen molar-refractivity contribution in [3.63, 3.8) is 0 Å². The third kappa shape index (κ3) is 2.48. The Morgan fingerprint density at radius 1 is 1.17 bits per heavy atom. The molecule has 2 aromatic heterocycles. The molecule has 1 N–H and O–H groups in total. The van der Waals surface area contributed by atoms with Crippen LogP contribution in [0, 0.1) is 0 Å². The second-order valence-electron chi connectivity index (χ2n) is 5.91. The van der Waals surface area contributed by atoms with Crippen LogP contribution in [0.2, 0.25) is 0 Å². The number of piperidine rings is 1. The summed E-state index contributed by atoms with van der Waals surface area (Å²) in [5, 5.41) is 8.10. The molecule has 0 aliphatic carbocycles. The van der Waals surface area contributed by atoms with Gasteiger partial charge in [0.25, 0.3) is 5.91 Å². The molecule has 4 rings (SSSR count). The number of amides is 1. The molecular weight excluding hydrogens is 288 g/mol. The van der Waals surface area contributed by atoms with Gasteiger partial charge in [0.05, 0.1) is 11.6 Å². The number of aromatic nitrogens is 3. The molecule has 1 aromatic carbocycles. The largest absolute Gasteiger partial charge is 0.330 e. The predicted octanol–water partition coefficient (Wildman–Crippen LogP) is 3.33. The van der Waals surface area contributed by atoms with Crippen LogP contribution in [0.3, 0.4) is 0 Å². The van der Waals surface area contributed by atoms with Gasteiger partial charge in [0.2, 0.25) is 0 Å². The topological polar surface area (TPSA) is 61.9 Å². The molecular formula is C18H18N4O. The van der Waals surface area contributed by atoms with Gasteiger partial charge < -0.3 is 4.90 Å². The van der Waals surface area contributed by atoms with Crippen molar-refractivity contribution in [2.24, 2.45) is 0 Å². The van der Waals surface area contributed by atoms with Crippen LogP contribution in [-0.4, -0.2) is 32.5 Å². The molecule has 5 nitrogen and oxygen atoms in total. The number of rotatable bonds is 2. The molecule has 0 saturated carbocycles. The van der Waals surface area contributed by atoms with Crippen molar-refractivity contribution in [3.05, 3.63) is 60.0 Å². The Kier molecular flexibility index (Phi) is 3.54. The SMILES string of the molecule is O=C(c1n[nH]c2ccccc12)N1CCCC[C@H]1c1cccnc1. The van der Waals surface area contributed by atoms with Crippen LogP contribution in [0.25, 0.3) is 10.9 Å². The smallest absolute Gasteiger partial charge is 0.275 e. The van der Waals surface area contributed by atoms with Crippen molar-refractivity contribution in [2.75, 3.05) is 6.54 Å². The van der Waals surface area contributed by atoms with Crippen molar-refractivity contribution in [1.29, 1.82) is 0 Å². The number of hydrogen-bond acceptors (Lipinski definition) is 3. The van der Waals surface area contributed by atoms with E-state index >= 15 is 0 Å². The Hall–Kier alpha value is -2.69. The molecule has 0 spiro atoms. The number of likely N-dealkylation sites (tertiary alicyclic amines) is 1. The number of aromatic amines is 1. The number of fused-ring (bicyclic) bond motifs is 1. The maximum Gasteiger partial charge on any atom is 0.275 e. The van der Waals surface area contributed by atoms with Gasteiger partial charge in [-0.25, -0.2) is 0 Å². The zero-order chi connectivity index (χ0) is 15.6. The summed E-state index contributed by atoms with van der Waals surface area (Å²) in [7, 11) is 0. The minimum Gasteiger partial charge on any atom is -0.330 e. The molecule has 1 saturated heterocycles. The molecule has 1 amide bonds. The first-order chi connectivity index (χ1) is 11.3. The van der Waals surface area contributed by atoms with Gasteiger partial charge in [0.1, 0.15) is 0 Å². The van der Waals surface area contributed by atoms with Crippen molar-refractivity contribution in [1.82, 2.24) is 20.1 Å². The predicted molar refractivity (Wildman–Crippen MR) is 88.0 cm³/mol. The Morgan fingerprint density at radius 2 is 2.09 bits per heavy atom. The number of carbonyl (C=O) groups excluding carboxylic acids is 1. The van der Waals surface area contributed by atoms with E-state index in [1.165, 1.54) is 0 Å². The van der Waals surface area contributed by atoms with Crippen molar-refractivity contribution in [2.45, 2.75) is 25.3 Å². The molecule has 1 aliphatic heterocycles. The number of carbonyl (C=O) groups is 1. The summed E-state index contributed by atoms with van der Waals surface area (Å²) in [5.41, 5.74) is 2.50. The van der Waals surface area contributed by atoms with Crippen LogP contribution in [0.1, 0.15) is 41.4 Å². The van der Waals surface area contributed by atoms with E-state index in [4.69, 9.17) is 0 Å². The molecule has 0 unspecified atom stereocenters. The van der Waals surface area contributed by atoms with Crippen LogP contribution in [0.15, 0.2) is 48.8 Å². The fourth-order valence-corrected chi connectivity index (χ4v) is 3.36. The Labute approximate surface area is 134 Å². The molecule has 3 aromatic rings. The zero-order valence-corrected chi connectivity index (χ0v) is 12.8. The lowest BCUT2D eigenvalue weighted by molar-refractivity contribution is 0.0607. The van der Waals surface area contributed by atoms with Crippen LogP contribution >= 0.6 is 0 Å². The maximum atomic E-state index is 13.1. The first kappa shape index (κ1) is 13.9. The van der Waals surface area contributed by atoms with Gasteiger partial charge in [-0.1, -0.05) is 24.3 Å².